The number of aromatic nitrogens is 1. The fourth-order valence-electron chi connectivity index (χ4n) is 3.62. The van der Waals surface area contributed by atoms with Gasteiger partial charge in [0.05, 0.1) is 18.5 Å². The van der Waals surface area contributed by atoms with Gasteiger partial charge in [0, 0.05) is 17.4 Å². The largest absolute Gasteiger partial charge is 0.494 e. The number of amides is 1. The Hall–Kier alpha value is -3.34. The molecule has 1 amide bonds. The van der Waals surface area contributed by atoms with Crippen molar-refractivity contribution in [1.29, 1.82) is 0 Å². The smallest absolute Gasteiger partial charge is 0.274 e. The Morgan fingerprint density at radius 1 is 1.14 bits per heavy atom. The number of hydrogen-bond acceptors (Lipinski definition) is 4. The molecule has 28 heavy (non-hydrogen) atoms. The molecule has 0 spiro atoms. The number of benzene rings is 2. The first-order chi connectivity index (χ1) is 13.7. The molecule has 2 aromatic carbocycles. The Labute approximate surface area is 165 Å². The first-order valence-electron chi connectivity index (χ1n) is 9.53. The molecule has 1 aliphatic rings. The molecule has 0 aliphatic carbocycles. The minimum absolute atomic E-state index is 0.231. The third kappa shape index (κ3) is 3.56. The zero-order chi connectivity index (χ0) is 19.5. The van der Waals surface area contributed by atoms with Crippen LogP contribution in [-0.4, -0.2) is 23.5 Å². The van der Waals surface area contributed by atoms with Gasteiger partial charge in [-0.1, -0.05) is 18.2 Å². The second-order valence-corrected chi connectivity index (χ2v) is 6.87. The third-order valence-corrected chi connectivity index (χ3v) is 4.89. The predicted molar refractivity (Wildman–Crippen MR) is 112 cm³/mol. The maximum atomic E-state index is 12.5. The molecule has 5 heteroatoms. The second-order valence-electron chi connectivity index (χ2n) is 6.87. The number of rotatable bonds is 5. The first kappa shape index (κ1) is 18.0. The molecule has 5 nitrogen and oxygen atoms in total. The monoisotopic (exact) mass is 373 g/mol. The van der Waals surface area contributed by atoms with Crippen molar-refractivity contribution in [2.75, 3.05) is 16.8 Å². The van der Waals surface area contributed by atoms with E-state index in [0.717, 1.165) is 17.9 Å². The number of anilines is 3. The van der Waals surface area contributed by atoms with E-state index in [1.54, 1.807) is 12.3 Å². The molecule has 4 rings (SSSR count). The minimum Gasteiger partial charge on any atom is -0.494 e. The number of nitrogens with zero attached hydrogens (tertiary/aromatic N) is 2. The summed E-state index contributed by atoms with van der Waals surface area (Å²) in [6.45, 7) is 4.75. The van der Waals surface area contributed by atoms with Crippen LogP contribution in [-0.2, 0) is 6.42 Å². The lowest BCUT2D eigenvalue weighted by molar-refractivity contribution is 0.102. The van der Waals surface area contributed by atoms with E-state index in [1.807, 2.05) is 37.3 Å². The van der Waals surface area contributed by atoms with Gasteiger partial charge in [-0.25, -0.2) is 4.98 Å². The molecule has 0 saturated heterocycles. The van der Waals surface area contributed by atoms with Gasteiger partial charge in [-0.05, 0) is 68.3 Å². The molecule has 0 saturated carbocycles. The molecule has 1 N–H and O–H groups in total. The van der Waals surface area contributed by atoms with E-state index < -0.39 is 0 Å². The van der Waals surface area contributed by atoms with Crippen LogP contribution in [0.25, 0.3) is 0 Å². The third-order valence-electron chi connectivity index (χ3n) is 4.89. The van der Waals surface area contributed by atoms with Gasteiger partial charge in [0.2, 0.25) is 0 Å². The molecular weight excluding hydrogens is 350 g/mol. The second kappa shape index (κ2) is 7.72. The molecule has 2 heterocycles. The number of carbonyl (C=O) groups excluding carboxylic acids is 1. The molecule has 0 fully saturated rings. The van der Waals surface area contributed by atoms with Crippen LogP contribution in [0.3, 0.4) is 0 Å². The van der Waals surface area contributed by atoms with Gasteiger partial charge in [0.1, 0.15) is 11.4 Å². The van der Waals surface area contributed by atoms with Crippen molar-refractivity contribution >= 4 is 23.0 Å². The van der Waals surface area contributed by atoms with Crippen LogP contribution >= 0.6 is 0 Å². The standard InChI is InChI=1S/C23H23N3O2/c1-3-28-20-11-8-18(9-12-20)25-23(27)21-13-10-19(15-24-21)26-16(2)14-17-6-4-5-7-22(17)26/h4-13,15-16H,3,14H2,1-2H3,(H,25,27). The van der Waals surface area contributed by atoms with E-state index in [0.29, 0.717) is 24.0 Å². The van der Waals surface area contributed by atoms with Gasteiger partial charge in [0.25, 0.3) is 5.91 Å². The fraction of sp³-hybridized carbons (Fsp3) is 0.217. The quantitative estimate of drug-likeness (QED) is 0.697. The maximum Gasteiger partial charge on any atom is 0.274 e. The van der Waals surface area contributed by atoms with Crippen LogP contribution in [0.1, 0.15) is 29.9 Å². The summed E-state index contributed by atoms with van der Waals surface area (Å²) < 4.78 is 5.42. The zero-order valence-corrected chi connectivity index (χ0v) is 16.1. The molecule has 0 radical (unpaired) electrons. The van der Waals surface area contributed by atoms with Crippen LogP contribution in [0.2, 0.25) is 0 Å². The van der Waals surface area contributed by atoms with Crippen molar-refractivity contribution in [1.82, 2.24) is 4.98 Å². The highest BCUT2D eigenvalue weighted by molar-refractivity contribution is 6.03. The average Bonchev–Trinajstić information content (AvgIpc) is 3.05. The highest BCUT2D eigenvalue weighted by Gasteiger charge is 2.27. The molecule has 0 bridgehead atoms. The number of para-hydroxylation sites is 1. The van der Waals surface area contributed by atoms with E-state index in [4.69, 9.17) is 4.74 Å². The summed E-state index contributed by atoms with van der Waals surface area (Å²) in [4.78, 5) is 19.2. The van der Waals surface area contributed by atoms with Crippen molar-refractivity contribution in [2.24, 2.45) is 0 Å². The van der Waals surface area contributed by atoms with Crippen molar-refractivity contribution in [3.05, 3.63) is 78.1 Å². The van der Waals surface area contributed by atoms with Crippen molar-refractivity contribution in [2.45, 2.75) is 26.3 Å². The lowest BCUT2D eigenvalue weighted by Gasteiger charge is -2.24. The van der Waals surface area contributed by atoms with E-state index in [9.17, 15) is 4.79 Å². The van der Waals surface area contributed by atoms with Crippen molar-refractivity contribution in [3.8, 4) is 5.75 Å². The maximum absolute atomic E-state index is 12.5. The summed E-state index contributed by atoms with van der Waals surface area (Å²) in [5.41, 5.74) is 4.64. The molecular formula is C23H23N3O2. The van der Waals surface area contributed by atoms with Gasteiger partial charge in [0.15, 0.2) is 0 Å². The number of ether oxygens (including phenoxy) is 1. The summed E-state index contributed by atoms with van der Waals surface area (Å²) in [5.74, 6) is 0.550. The Morgan fingerprint density at radius 2 is 1.93 bits per heavy atom. The highest BCUT2D eigenvalue weighted by Crippen LogP contribution is 2.37. The van der Waals surface area contributed by atoms with E-state index in [2.05, 4.69) is 46.4 Å². The minimum atomic E-state index is -0.231. The Balaban J connectivity index is 1.48. The van der Waals surface area contributed by atoms with Gasteiger partial charge < -0.3 is 15.0 Å². The van der Waals surface area contributed by atoms with E-state index >= 15 is 0 Å². The van der Waals surface area contributed by atoms with Gasteiger partial charge in [-0.15, -0.1) is 0 Å². The van der Waals surface area contributed by atoms with Crippen molar-refractivity contribution in [3.63, 3.8) is 0 Å². The summed E-state index contributed by atoms with van der Waals surface area (Å²) in [5, 5.41) is 2.87. The first-order valence-corrected chi connectivity index (χ1v) is 9.53. The number of fused-ring (bicyclic) bond motifs is 1. The summed E-state index contributed by atoms with van der Waals surface area (Å²) >= 11 is 0. The van der Waals surface area contributed by atoms with Crippen LogP contribution in [0.5, 0.6) is 5.75 Å². The highest BCUT2D eigenvalue weighted by atomic mass is 16.5. The summed E-state index contributed by atoms with van der Waals surface area (Å²) in [6, 6.07) is 19.8. The Kier molecular flexibility index (Phi) is 4.98. The Morgan fingerprint density at radius 3 is 2.64 bits per heavy atom. The molecule has 1 aromatic heterocycles. The molecule has 3 aromatic rings. The van der Waals surface area contributed by atoms with Gasteiger partial charge >= 0.3 is 0 Å². The zero-order valence-electron chi connectivity index (χ0n) is 16.1. The molecule has 1 atom stereocenters. The number of carbonyl (C=O) groups is 1. The van der Waals surface area contributed by atoms with Crippen LogP contribution in [0, 0.1) is 0 Å². The lowest BCUT2D eigenvalue weighted by atomic mass is 10.1. The molecule has 142 valence electrons. The number of nitrogens with one attached hydrogen (secondary N) is 1. The molecule has 1 unspecified atom stereocenters. The van der Waals surface area contributed by atoms with Crippen LogP contribution < -0.4 is 15.0 Å². The van der Waals surface area contributed by atoms with Gasteiger partial charge in [-0.2, -0.15) is 0 Å². The van der Waals surface area contributed by atoms with Gasteiger partial charge in [-0.3, -0.25) is 4.79 Å². The fourth-order valence-corrected chi connectivity index (χ4v) is 3.62. The average molecular weight is 373 g/mol. The number of pyridine rings is 1. The SMILES string of the molecule is CCOc1ccc(NC(=O)c2ccc(N3c4ccccc4CC3C)cn2)cc1. The predicted octanol–water partition coefficient (Wildman–Crippen LogP) is 4.82. The Bertz CT molecular complexity index is 968. The summed E-state index contributed by atoms with van der Waals surface area (Å²) in [7, 11) is 0. The normalized spacial score (nSPS) is 15.2. The molecule has 1 aliphatic heterocycles. The lowest BCUT2D eigenvalue weighted by Crippen LogP contribution is -2.24. The van der Waals surface area contributed by atoms with Crippen LogP contribution in [0.15, 0.2) is 66.9 Å². The number of hydrogen-bond donors (Lipinski definition) is 1. The van der Waals surface area contributed by atoms with Crippen LogP contribution in [0.4, 0.5) is 17.1 Å². The van der Waals surface area contributed by atoms with E-state index in [-0.39, 0.29) is 5.91 Å². The van der Waals surface area contributed by atoms with E-state index in [1.165, 1.54) is 11.3 Å². The topological polar surface area (TPSA) is 54.5 Å². The summed E-state index contributed by atoms with van der Waals surface area (Å²) in [6.07, 6.45) is 2.78. The van der Waals surface area contributed by atoms with Crippen molar-refractivity contribution < 1.29 is 9.53 Å².